The zero-order chi connectivity index (χ0) is 25.1. The van der Waals surface area contributed by atoms with Crippen molar-refractivity contribution >= 4 is 34.5 Å². The van der Waals surface area contributed by atoms with Crippen LogP contribution in [0.5, 0.6) is 5.75 Å². The highest BCUT2D eigenvalue weighted by Crippen LogP contribution is 2.45. The summed E-state index contributed by atoms with van der Waals surface area (Å²) in [5.74, 6) is -0.786. The van der Waals surface area contributed by atoms with Gasteiger partial charge in [0.25, 0.3) is 11.7 Å². The maximum atomic E-state index is 13.3. The predicted octanol–water partition coefficient (Wildman–Crippen LogP) is 6.87. The number of unbranched alkanes of at least 4 members (excludes halogenated alkanes) is 2. The maximum absolute atomic E-state index is 13.3. The Morgan fingerprint density at radius 2 is 1.71 bits per heavy atom. The third kappa shape index (κ3) is 4.89. The lowest BCUT2D eigenvalue weighted by atomic mass is 9.98. The van der Waals surface area contributed by atoms with Gasteiger partial charge in [-0.2, -0.15) is 0 Å². The molecule has 0 saturated carbocycles. The molecule has 2 heterocycles. The molecule has 3 aromatic rings. The number of rotatable bonds is 8. The van der Waals surface area contributed by atoms with Gasteiger partial charge in [-0.05, 0) is 91.7 Å². The third-order valence-corrected chi connectivity index (χ3v) is 7.58. The average molecular weight is 490 g/mol. The van der Waals surface area contributed by atoms with Crippen LogP contribution in [0.25, 0.3) is 5.76 Å². The summed E-state index contributed by atoms with van der Waals surface area (Å²) in [6, 6.07) is 14.0. The van der Waals surface area contributed by atoms with Gasteiger partial charge in [-0.3, -0.25) is 14.5 Å². The first-order valence-electron chi connectivity index (χ1n) is 12.0. The fourth-order valence-corrected chi connectivity index (χ4v) is 5.32. The van der Waals surface area contributed by atoms with Crippen molar-refractivity contribution in [2.75, 3.05) is 11.5 Å². The van der Waals surface area contributed by atoms with Gasteiger partial charge in [0.1, 0.15) is 17.6 Å². The summed E-state index contributed by atoms with van der Waals surface area (Å²) in [4.78, 5) is 29.0. The number of carbonyl (C=O) groups is 2. The van der Waals surface area contributed by atoms with Crippen LogP contribution in [0, 0.1) is 20.8 Å². The topological polar surface area (TPSA) is 66.8 Å². The SMILES string of the molecule is CCCCCOc1ccc(/C(O)=C2/C(=O)C(=O)N(c3ccc(C)c(C)c3)C2c2sccc2C)cc1. The molecule has 6 heteroatoms. The van der Waals surface area contributed by atoms with E-state index < -0.39 is 17.7 Å². The zero-order valence-electron chi connectivity index (χ0n) is 20.6. The van der Waals surface area contributed by atoms with E-state index in [1.54, 1.807) is 24.3 Å². The van der Waals surface area contributed by atoms with Crippen LogP contribution in [-0.2, 0) is 9.59 Å². The molecule has 0 bridgehead atoms. The first kappa shape index (κ1) is 24.7. The van der Waals surface area contributed by atoms with Crippen LogP contribution in [-0.4, -0.2) is 23.4 Å². The number of ketones is 1. The molecule has 182 valence electrons. The lowest BCUT2D eigenvalue weighted by molar-refractivity contribution is -0.132. The van der Waals surface area contributed by atoms with E-state index >= 15 is 0 Å². The molecule has 0 spiro atoms. The number of benzene rings is 2. The summed E-state index contributed by atoms with van der Waals surface area (Å²) in [7, 11) is 0. The Hall–Kier alpha value is -3.38. The minimum absolute atomic E-state index is 0.107. The molecule has 1 atom stereocenters. The number of aliphatic hydroxyl groups excluding tert-OH is 1. The van der Waals surface area contributed by atoms with Crippen LogP contribution >= 0.6 is 11.3 Å². The number of hydrogen-bond acceptors (Lipinski definition) is 5. The Morgan fingerprint density at radius 1 is 0.971 bits per heavy atom. The molecule has 35 heavy (non-hydrogen) atoms. The van der Waals surface area contributed by atoms with Crippen LogP contribution in [0.15, 0.2) is 59.5 Å². The summed E-state index contributed by atoms with van der Waals surface area (Å²) in [6.07, 6.45) is 3.22. The molecule has 1 saturated heterocycles. The molecule has 1 aliphatic heterocycles. The predicted molar refractivity (Wildman–Crippen MR) is 141 cm³/mol. The second kappa shape index (κ2) is 10.5. The van der Waals surface area contributed by atoms with E-state index in [-0.39, 0.29) is 11.3 Å². The summed E-state index contributed by atoms with van der Waals surface area (Å²) in [5, 5.41) is 13.3. The van der Waals surface area contributed by atoms with Gasteiger partial charge < -0.3 is 9.84 Å². The van der Waals surface area contributed by atoms with Gasteiger partial charge in [0, 0.05) is 16.1 Å². The summed E-state index contributed by atoms with van der Waals surface area (Å²) >= 11 is 1.48. The molecule has 2 aromatic carbocycles. The van der Waals surface area contributed by atoms with Crippen molar-refractivity contribution in [3.05, 3.63) is 86.6 Å². The molecule has 1 N–H and O–H groups in total. The number of Topliss-reactive ketones (excluding diaryl/α,β-unsaturated/α-hetero) is 1. The third-order valence-electron chi connectivity index (χ3n) is 6.51. The van der Waals surface area contributed by atoms with Gasteiger partial charge in [0.2, 0.25) is 0 Å². The van der Waals surface area contributed by atoms with Gasteiger partial charge in [-0.1, -0.05) is 25.8 Å². The van der Waals surface area contributed by atoms with Gasteiger partial charge in [-0.15, -0.1) is 11.3 Å². The van der Waals surface area contributed by atoms with Crippen LogP contribution in [0.4, 0.5) is 5.69 Å². The van der Waals surface area contributed by atoms with Crippen LogP contribution in [0.1, 0.15) is 59.4 Å². The van der Waals surface area contributed by atoms with Gasteiger partial charge in [-0.25, -0.2) is 0 Å². The highest BCUT2D eigenvalue weighted by molar-refractivity contribution is 7.10. The van der Waals surface area contributed by atoms with E-state index in [9.17, 15) is 14.7 Å². The number of aliphatic hydroxyl groups is 1. The molecule has 4 rings (SSSR count). The molecule has 1 unspecified atom stereocenters. The highest BCUT2D eigenvalue weighted by atomic mass is 32.1. The van der Waals surface area contributed by atoms with Gasteiger partial charge in [0.05, 0.1) is 12.2 Å². The second-order valence-electron chi connectivity index (χ2n) is 8.99. The average Bonchev–Trinajstić information content (AvgIpc) is 3.38. The van der Waals surface area contributed by atoms with Crippen molar-refractivity contribution in [3.8, 4) is 5.75 Å². The number of ether oxygens (including phenoxy) is 1. The Bertz CT molecular complexity index is 1270. The van der Waals surface area contributed by atoms with Crippen molar-refractivity contribution in [3.63, 3.8) is 0 Å². The summed E-state index contributed by atoms with van der Waals surface area (Å²) in [6.45, 7) is 8.72. The molecular formula is C29H31NO4S. The number of thiophene rings is 1. The Morgan fingerprint density at radius 3 is 2.34 bits per heavy atom. The quantitative estimate of drug-likeness (QED) is 0.162. The molecule has 0 aliphatic carbocycles. The van der Waals surface area contributed by atoms with Gasteiger partial charge in [0.15, 0.2) is 0 Å². The minimum atomic E-state index is -0.693. The smallest absolute Gasteiger partial charge is 0.300 e. The number of amides is 1. The molecule has 1 aromatic heterocycles. The number of anilines is 1. The van der Waals surface area contributed by atoms with Crippen LogP contribution in [0.2, 0.25) is 0 Å². The summed E-state index contributed by atoms with van der Waals surface area (Å²) < 4.78 is 5.77. The van der Waals surface area contributed by atoms with E-state index in [1.165, 1.54) is 16.2 Å². The van der Waals surface area contributed by atoms with E-state index in [0.29, 0.717) is 23.6 Å². The van der Waals surface area contributed by atoms with E-state index in [1.807, 2.05) is 50.4 Å². The lowest BCUT2D eigenvalue weighted by Crippen LogP contribution is -2.29. The van der Waals surface area contributed by atoms with Crippen LogP contribution in [0.3, 0.4) is 0 Å². The normalized spacial score (nSPS) is 17.3. The zero-order valence-corrected chi connectivity index (χ0v) is 21.4. The van der Waals surface area contributed by atoms with E-state index in [2.05, 4.69) is 6.92 Å². The van der Waals surface area contributed by atoms with Crippen molar-refractivity contribution in [2.24, 2.45) is 0 Å². The molecular weight excluding hydrogens is 458 g/mol. The molecule has 1 amide bonds. The fraction of sp³-hybridized carbons (Fsp3) is 0.310. The second-order valence-corrected chi connectivity index (χ2v) is 9.93. The Balaban J connectivity index is 1.76. The fourth-order valence-electron chi connectivity index (χ4n) is 4.29. The minimum Gasteiger partial charge on any atom is -0.507 e. The maximum Gasteiger partial charge on any atom is 0.300 e. The van der Waals surface area contributed by atoms with Gasteiger partial charge >= 0.3 is 0 Å². The standard InChI is InChI=1S/C29H31NO4S/c1-5-6-7-15-34-23-12-9-21(10-13-23)26(31)24-25(28-19(3)14-16-35-28)30(29(33)27(24)32)22-11-8-18(2)20(4)17-22/h8-14,16-17,25,31H,5-7,15H2,1-4H3/b26-24-. The van der Waals surface area contributed by atoms with Crippen molar-refractivity contribution in [1.29, 1.82) is 0 Å². The molecule has 1 fully saturated rings. The largest absolute Gasteiger partial charge is 0.507 e. The lowest BCUT2D eigenvalue weighted by Gasteiger charge is -2.25. The van der Waals surface area contributed by atoms with Crippen LogP contribution < -0.4 is 9.64 Å². The number of carbonyl (C=O) groups excluding carboxylic acids is 2. The van der Waals surface area contributed by atoms with Crippen molar-refractivity contribution < 1.29 is 19.4 Å². The van der Waals surface area contributed by atoms with Crippen molar-refractivity contribution in [1.82, 2.24) is 0 Å². The molecule has 0 radical (unpaired) electrons. The summed E-state index contributed by atoms with van der Waals surface area (Å²) in [5.41, 5.74) is 4.32. The van der Waals surface area contributed by atoms with Crippen molar-refractivity contribution in [2.45, 2.75) is 53.0 Å². The number of aryl methyl sites for hydroxylation is 3. The van der Waals surface area contributed by atoms with E-state index in [0.717, 1.165) is 40.8 Å². The Labute approximate surface area is 210 Å². The highest BCUT2D eigenvalue weighted by Gasteiger charge is 2.48. The number of hydrogen-bond donors (Lipinski definition) is 1. The first-order chi connectivity index (χ1) is 16.8. The molecule has 1 aliphatic rings. The van der Waals surface area contributed by atoms with E-state index in [4.69, 9.17) is 4.74 Å². The monoisotopic (exact) mass is 489 g/mol. The number of nitrogens with zero attached hydrogens (tertiary/aromatic N) is 1. The Kier molecular flexibility index (Phi) is 7.41. The molecule has 5 nitrogen and oxygen atoms in total. The first-order valence-corrected chi connectivity index (χ1v) is 12.9.